The van der Waals surface area contributed by atoms with Crippen LogP contribution in [0.15, 0.2) is 16.7 Å². The van der Waals surface area contributed by atoms with Gasteiger partial charge in [0.25, 0.3) is 0 Å². The molecule has 1 aromatic carbocycles. The first-order valence-corrected chi connectivity index (χ1v) is 8.75. The molecule has 0 bridgehead atoms. The van der Waals surface area contributed by atoms with Gasteiger partial charge in [-0.15, -0.1) is 12.4 Å². The summed E-state index contributed by atoms with van der Waals surface area (Å²) in [5.41, 5.74) is 0.654. The third-order valence-electron chi connectivity index (χ3n) is 4.17. The van der Waals surface area contributed by atoms with Gasteiger partial charge in [-0.2, -0.15) is 4.98 Å². The van der Waals surface area contributed by atoms with Gasteiger partial charge in [-0.25, -0.2) is 0 Å². The molecular weight excluding hydrogens is 395 g/mol. The monoisotopic (exact) mass is 416 g/mol. The summed E-state index contributed by atoms with van der Waals surface area (Å²) in [7, 11) is 3.05. The zero-order valence-corrected chi connectivity index (χ0v) is 16.7. The molecule has 2 N–H and O–H groups in total. The van der Waals surface area contributed by atoms with Crippen molar-refractivity contribution in [1.29, 1.82) is 0 Å². The molecule has 10 heteroatoms. The molecule has 0 aliphatic carbocycles. The molecule has 148 valence electrons. The molecule has 27 heavy (non-hydrogen) atoms. The molecule has 1 atom stereocenters. The summed E-state index contributed by atoms with van der Waals surface area (Å²) in [5.74, 6) is 1.77. The Bertz CT molecular complexity index is 778. The maximum atomic E-state index is 11.9. The Morgan fingerprint density at radius 3 is 2.89 bits per heavy atom. The van der Waals surface area contributed by atoms with Crippen molar-refractivity contribution in [3.8, 4) is 22.9 Å². The van der Waals surface area contributed by atoms with E-state index in [1.165, 1.54) is 14.2 Å². The fourth-order valence-electron chi connectivity index (χ4n) is 2.84. The SMILES string of the molecule is COc1cc(-c2noc(CCNC(=O)C3CCCN3)n2)cc(Cl)c1OC.Cl. The Hall–Kier alpha value is -2.03. The van der Waals surface area contributed by atoms with E-state index >= 15 is 0 Å². The van der Waals surface area contributed by atoms with Crippen LogP contribution in [0.2, 0.25) is 5.02 Å². The lowest BCUT2D eigenvalue weighted by Gasteiger charge is -2.10. The number of carbonyl (C=O) groups excluding carboxylic acids is 1. The number of benzene rings is 1. The topological polar surface area (TPSA) is 98.5 Å². The number of aromatic nitrogens is 2. The molecule has 0 radical (unpaired) electrons. The number of hydrogen-bond acceptors (Lipinski definition) is 7. The molecule has 3 rings (SSSR count). The molecule has 8 nitrogen and oxygen atoms in total. The maximum absolute atomic E-state index is 11.9. The second-order valence-electron chi connectivity index (χ2n) is 5.90. The normalized spacial score (nSPS) is 15.9. The molecular formula is C17H22Cl2N4O4. The summed E-state index contributed by atoms with van der Waals surface area (Å²) in [6.45, 7) is 1.32. The Morgan fingerprint density at radius 2 is 2.22 bits per heavy atom. The number of nitrogens with one attached hydrogen (secondary N) is 2. The van der Waals surface area contributed by atoms with Gasteiger partial charge in [0, 0.05) is 18.5 Å². The second-order valence-corrected chi connectivity index (χ2v) is 6.30. The van der Waals surface area contributed by atoms with E-state index < -0.39 is 0 Å². The van der Waals surface area contributed by atoms with Crippen molar-refractivity contribution in [3.05, 3.63) is 23.0 Å². The second kappa shape index (κ2) is 9.77. The van der Waals surface area contributed by atoms with E-state index in [0.717, 1.165) is 19.4 Å². The molecule has 1 fully saturated rings. The third kappa shape index (κ3) is 5.03. The number of amides is 1. The Morgan fingerprint density at radius 1 is 1.41 bits per heavy atom. The minimum absolute atomic E-state index is 0. The van der Waals surface area contributed by atoms with Gasteiger partial charge in [0.2, 0.25) is 17.6 Å². The molecule has 2 aromatic rings. The first-order chi connectivity index (χ1) is 12.6. The van der Waals surface area contributed by atoms with Gasteiger partial charge >= 0.3 is 0 Å². The van der Waals surface area contributed by atoms with Crippen LogP contribution in [-0.4, -0.2) is 49.4 Å². The van der Waals surface area contributed by atoms with Crippen LogP contribution in [0.5, 0.6) is 11.5 Å². The first-order valence-electron chi connectivity index (χ1n) is 8.38. The summed E-state index contributed by atoms with van der Waals surface area (Å²) >= 11 is 6.21. The van der Waals surface area contributed by atoms with Crippen LogP contribution in [-0.2, 0) is 11.2 Å². The van der Waals surface area contributed by atoms with E-state index in [0.29, 0.717) is 46.8 Å². The molecule has 1 amide bonds. The van der Waals surface area contributed by atoms with Gasteiger partial charge in [-0.3, -0.25) is 4.79 Å². The van der Waals surface area contributed by atoms with Crippen LogP contribution in [0, 0.1) is 0 Å². The highest BCUT2D eigenvalue weighted by Crippen LogP contribution is 2.38. The standard InChI is InChI=1S/C17H21ClN4O4.ClH/c1-24-13-9-10(8-11(18)15(13)25-2)16-21-14(26-22-16)5-7-20-17(23)12-4-3-6-19-12;/h8-9,12,19H,3-7H2,1-2H3,(H,20,23);1H. The third-order valence-corrected chi connectivity index (χ3v) is 4.46. The van der Waals surface area contributed by atoms with Gasteiger partial charge in [0.05, 0.1) is 25.3 Å². The summed E-state index contributed by atoms with van der Waals surface area (Å²) in [6, 6.07) is 3.32. The van der Waals surface area contributed by atoms with E-state index in [1.54, 1.807) is 12.1 Å². The van der Waals surface area contributed by atoms with Gasteiger partial charge in [-0.1, -0.05) is 16.8 Å². The summed E-state index contributed by atoms with van der Waals surface area (Å²) in [6.07, 6.45) is 2.35. The van der Waals surface area contributed by atoms with Crippen LogP contribution in [0.1, 0.15) is 18.7 Å². The number of ether oxygens (including phenoxy) is 2. The van der Waals surface area contributed by atoms with Crippen LogP contribution in [0.4, 0.5) is 0 Å². The van der Waals surface area contributed by atoms with Crippen molar-refractivity contribution in [3.63, 3.8) is 0 Å². The zero-order valence-electron chi connectivity index (χ0n) is 15.1. The molecule has 0 spiro atoms. The van der Waals surface area contributed by atoms with Crippen molar-refractivity contribution >= 4 is 29.9 Å². The Balaban J connectivity index is 0.00000261. The minimum atomic E-state index is -0.0952. The molecule has 1 aliphatic rings. The first kappa shape index (κ1) is 21.3. The van der Waals surface area contributed by atoms with Crippen molar-refractivity contribution in [2.75, 3.05) is 27.3 Å². The van der Waals surface area contributed by atoms with Gasteiger partial charge < -0.3 is 24.6 Å². The van der Waals surface area contributed by atoms with Crippen molar-refractivity contribution in [2.24, 2.45) is 0 Å². The smallest absolute Gasteiger partial charge is 0.237 e. The van der Waals surface area contributed by atoms with Crippen LogP contribution in [0.3, 0.4) is 0 Å². The highest BCUT2D eigenvalue weighted by atomic mass is 35.5. The average Bonchev–Trinajstić information content (AvgIpc) is 3.33. The van der Waals surface area contributed by atoms with E-state index in [2.05, 4.69) is 20.8 Å². The molecule has 1 saturated heterocycles. The van der Waals surface area contributed by atoms with Gasteiger partial charge in [0.1, 0.15) is 0 Å². The zero-order chi connectivity index (χ0) is 18.5. The number of carbonyl (C=O) groups is 1. The number of hydrogen-bond donors (Lipinski definition) is 2. The fraction of sp³-hybridized carbons (Fsp3) is 0.471. The molecule has 1 aromatic heterocycles. The predicted octanol–water partition coefficient (Wildman–Crippen LogP) is 2.24. The lowest BCUT2D eigenvalue weighted by molar-refractivity contribution is -0.122. The van der Waals surface area contributed by atoms with Crippen LogP contribution >= 0.6 is 24.0 Å². The molecule has 0 saturated carbocycles. The number of methoxy groups -OCH3 is 2. The number of rotatable bonds is 7. The van der Waals surface area contributed by atoms with Gasteiger partial charge in [0.15, 0.2) is 11.5 Å². The van der Waals surface area contributed by atoms with Crippen LogP contribution in [0.25, 0.3) is 11.4 Å². The largest absolute Gasteiger partial charge is 0.493 e. The van der Waals surface area contributed by atoms with E-state index in [-0.39, 0.29) is 24.4 Å². The number of nitrogens with zero attached hydrogens (tertiary/aromatic N) is 2. The van der Waals surface area contributed by atoms with Crippen molar-refractivity contribution < 1.29 is 18.8 Å². The van der Waals surface area contributed by atoms with Crippen molar-refractivity contribution in [2.45, 2.75) is 25.3 Å². The Labute approximate surface area is 168 Å². The number of halogens is 2. The minimum Gasteiger partial charge on any atom is -0.493 e. The molecule has 2 heterocycles. The fourth-order valence-corrected chi connectivity index (χ4v) is 3.13. The quantitative estimate of drug-likeness (QED) is 0.713. The molecule has 1 aliphatic heterocycles. The molecule has 1 unspecified atom stereocenters. The average molecular weight is 417 g/mol. The summed E-state index contributed by atoms with van der Waals surface area (Å²) in [4.78, 5) is 16.3. The van der Waals surface area contributed by atoms with Crippen molar-refractivity contribution in [1.82, 2.24) is 20.8 Å². The lowest BCUT2D eigenvalue weighted by Crippen LogP contribution is -2.41. The lowest BCUT2D eigenvalue weighted by atomic mass is 10.2. The summed E-state index contributed by atoms with van der Waals surface area (Å²) in [5, 5.41) is 10.4. The van der Waals surface area contributed by atoms with E-state index in [9.17, 15) is 4.79 Å². The predicted molar refractivity (Wildman–Crippen MR) is 103 cm³/mol. The van der Waals surface area contributed by atoms with Gasteiger partial charge in [-0.05, 0) is 31.5 Å². The van der Waals surface area contributed by atoms with Crippen LogP contribution < -0.4 is 20.1 Å². The highest BCUT2D eigenvalue weighted by molar-refractivity contribution is 6.32. The summed E-state index contributed by atoms with van der Waals surface area (Å²) < 4.78 is 15.7. The Kier molecular flexibility index (Phi) is 7.70. The highest BCUT2D eigenvalue weighted by Gasteiger charge is 2.21. The maximum Gasteiger partial charge on any atom is 0.237 e. The van der Waals surface area contributed by atoms with E-state index in [1.807, 2.05) is 0 Å². The van der Waals surface area contributed by atoms with E-state index in [4.69, 9.17) is 25.6 Å².